The Morgan fingerprint density at radius 1 is 0.970 bits per heavy atom. The van der Waals surface area contributed by atoms with Gasteiger partial charge in [-0.3, -0.25) is 0 Å². The zero-order valence-electron chi connectivity index (χ0n) is 17.6. The van der Waals surface area contributed by atoms with Crippen molar-refractivity contribution in [2.45, 2.75) is 26.4 Å². The average Bonchev–Trinajstić information content (AvgIpc) is 2.79. The summed E-state index contributed by atoms with van der Waals surface area (Å²) < 4.78 is 57.7. The molecule has 0 saturated heterocycles. The number of pyridine rings is 1. The number of alkyl halides is 3. The molecule has 0 amide bonds. The largest absolute Gasteiger partial charge is 0.436 e. The molecule has 0 spiro atoms. The second-order valence-corrected chi connectivity index (χ2v) is 7.21. The van der Waals surface area contributed by atoms with Gasteiger partial charge in [-0.15, -0.1) is 0 Å². The summed E-state index contributed by atoms with van der Waals surface area (Å²) >= 11 is 0. The molecule has 7 nitrogen and oxygen atoms in total. The van der Waals surface area contributed by atoms with Crippen molar-refractivity contribution in [2.75, 3.05) is 11.9 Å². The summed E-state index contributed by atoms with van der Waals surface area (Å²) in [5.41, 5.74) is 2.54. The zero-order chi connectivity index (χ0) is 23.6. The monoisotopic (exact) mass is 458 g/mol. The molecule has 0 aliphatic heterocycles. The molecular formula is C22H18F4N6O. The van der Waals surface area contributed by atoms with Gasteiger partial charge in [0.1, 0.15) is 17.6 Å². The van der Waals surface area contributed by atoms with E-state index in [0.717, 1.165) is 16.7 Å². The molecule has 1 aromatic carbocycles. The minimum Gasteiger partial charge on any atom is -0.436 e. The lowest BCUT2D eigenvalue weighted by Crippen LogP contribution is -2.09. The highest BCUT2D eigenvalue weighted by Crippen LogP contribution is 2.33. The number of hydrogen-bond acceptors (Lipinski definition) is 7. The van der Waals surface area contributed by atoms with E-state index in [4.69, 9.17) is 4.74 Å². The highest BCUT2D eigenvalue weighted by Gasteiger charge is 2.32. The van der Waals surface area contributed by atoms with Crippen LogP contribution >= 0.6 is 0 Å². The topological polar surface area (TPSA) is 85.7 Å². The molecule has 33 heavy (non-hydrogen) atoms. The van der Waals surface area contributed by atoms with E-state index < -0.39 is 23.4 Å². The average molecular weight is 458 g/mol. The Morgan fingerprint density at radius 2 is 1.76 bits per heavy atom. The fraction of sp³-hybridized carbons (Fsp3) is 0.227. The molecule has 0 aliphatic rings. The number of aromatic nitrogens is 5. The molecule has 0 radical (unpaired) electrons. The van der Waals surface area contributed by atoms with Crippen LogP contribution in [0.3, 0.4) is 0 Å². The van der Waals surface area contributed by atoms with Crippen molar-refractivity contribution in [3.63, 3.8) is 0 Å². The summed E-state index contributed by atoms with van der Waals surface area (Å²) in [6.45, 7) is 4.23. The molecule has 3 heterocycles. The lowest BCUT2D eigenvalue weighted by atomic mass is 10.00. The molecule has 0 fully saturated rings. The SMILES string of the molecule is Cc1c(CCNc2ncnc3nccnc23)ccc(Oc2ncc(C(F)(F)F)cc2F)c1C. The molecule has 0 aliphatic carbocycles. The first kappa shape index (κ1) is 22.3. The van der Waals surface area contributed by atoms with Crippen molar-refractivity contribution in [1.82, 2.24) is 24.9 Å². The summed E-state index contributed by atoms with van der Waals surface area (Å²) in [6, 6.07) is 3.83. The van der Waals surface area contributed by atoms with E-state index in [1.807, 2.05) is 13.0 Å². The van der Waals surface area contributed by atoms with Gasteiger partial charge in [-0.05, 0) is 49.1 Å². The summed E-state index contributed by atoms with van der Waals surface area (Å²) in [4.78, 5) is 20.2. The number of benzene rings is 1. The van der Waals surface area contributed by atoms with Crippen LogP contribution in [0.15, 0.2) is 43.1 Å². The van der Waals surface area contributed by atoms with Gasteiger partial charge in [0.25, 0.3) is 5.88 Å². The maximum Gasteiger partial charge on any atom is 0.417 e. The number of nitrogens with one attached hydrogen (secondary N) is 1. The molecule has 4 rings (SSSR count). The second kappa shape index (κ2) is 8.93. The van der Waals surface area contributed by atoms with Crippen LogP contribution in [0.2, 0.25) is 0 Å². The van der Waals surface area contributed by atoms with Crippen molar-refractivity contribution in [3.05, 3.63) is 71.2 Å². The molecule has 0 bridgehead atoms. The van der Waals surface area contributed by atoms with E-state index in [1.54, 1.807) is 25.4 Å². The van der Waals surface area contributed by atoms with Gasteiger partial charge < -0.3 is 10.1 Å². The van der Waals surface area contributed by atoms with E-state index in [-0.39, 0.29) is 0 Å². The van der Waals surface area contributed by atoms with Crippen LogP contribution in [0.5, 0.6) is 11.6 Å². The van der Waals surface area contributed by atoms with Crippen molar-refractivity contribution < 1.29 is 22.3 Å². The van der Waals surface area contributed by atoms with Crippen LogP contribution in [-0.4, -0.2) is 31.5 Å². The van der Waals surface area contributed by atoms with E-state index >= 15 is 0 Å². The van der Waals surface area contributed by atoms with Crippen molar-refractivity contribution in [1.29, 1.82) is 0 Å². The van der Waals surface area contributed by atoms with Gasteiger partial charge in [-0.1, -0.05) is 6.07 Å². The number of fused-ring (bicyclic) bond motifs is 1. The van der Waals surface area contributed by atoms with Crippen molar-refractivity contribution >= 4 is 17.0 Å². The number of nitrogens with zero attached hydrogens (tertiary/aromatic N) is 5. The van der Waals surface area contributed by atoms with E-state index in [0.29, 0.717) is 48.0 Å². The van der Waals surface area contributed by atoms with Crippen LogP contribution in [-0.2, 0) is 12.6 Å². The van der Waals surface area contributed by atoms with Crippen LogP contribution in [0, 0.1) is 19.7 Å². The number of ether oxygens (including phenoxy) is 1. The molecule has 4 aromatic rings. The maximum absolute atomic E-state index is 14.1. The molecular weight excluding hydrogens is 440 g/mol. The molecule has 11 heteroatoms. The van der Waals surface area contributed by atoms with Crippen LogP contribution in [0.1, 0.15) is 22.3 Å². The summed E-state index contributed by atoms with van der Waals surface area (Å²) in [7, 11) is 0. The lowest BCUT2D eigenvalue weighted by Gasteiger charge is -2.15. The third-order valence-electron chi connectivity index (χ3n) is 5.15. The third-order valence-corrected chi connectivity index (χ3v) is 5.15. The molecule has 0 atom stereocenters. The smallest absolute Gasteiger partial charge is 0.417 e. The quantitative estimate of drug-likeness (QED) is 0.405. The summed E-state index contributed by atoms with van der Waals surface area (Å²) in [6.07, 6.45) is 1.04. The minimum absolute atomic E-state index is 0.312. The van der Waals surface area contributed by atoms with Gasteiger partial charge in [-0.25, -0.2) is 29.3 Å². The normalized spacial score (nSPS) is 11.6. The summed E-state index contributed by atoms with van der Waals surface area (Å²) in [5, 5.41) is 3.23. The van der Waals surface area contributed by atoms with Gasteiger partial charge in [-0.2, -0.15) is 13.2 Å². The first-order chi connectivity index (χ1) is 15.7. The predicted octanol–water partition coefficient (Wildman–Crippen LogP) is 5.04. The zero-order valence-corrected chi connectivity index (χ0v) is 17.6. The Balaban J connectivity index is 1.46. The highest BCUT2D eigenvalue weighted by atomic mass is 19.4. The first-order valence-electron chi connectivity index (χ1n) is 9.89. The number of rotatable bonds is 6. The van der Waals surface area contributed by atoms with Gasteiger partial charge in [0.15, 0.2) is 17.3 Å². The molecule has 170 valence electrons. The van der Waals surface area contributed by atoms with Crippen molar-refractivity contribution in [3.8, 4) is 11.6 Å². The first-order valence-corrected chi connectivity index (χ1v) is 9.89. The molecule has 0 saturated carbocycles. The number of anilines is 1. The minimum atomic E-state index is -4.68. The van der Waals surface area contributed by atoms with E-state index in [1.165, 1.54) is 6.33 Å². The summed E-state index contributed by atoms with van der Waals surface area (Å²) in [5.74, 6) is -0.814. The fourth-order valence-electron chi connectivity index (χ4n) is 3.23. The third kappa shape index (κ3) is 4.81. The Labute approximate surface area is 185 Å². The lowest BCUT2D eigenvalue weighted by molar-refractivity contribution is -0.138. The van der Waals surface area contributed by atoms with Crippen LogP contribution in [0.4, 0.5) is 23.4 Å². The Hall–Kier alpha value is -3.89. The van der Waals surface area contributed by atoms with Gasteiger partial charge >= 0.3 is 6.18 Å². The standard InChI is InChI=1S/C22H18F4N6O/c1-12-13(2)17(33-21-16(23)9-15(10-30-21)22(24,25)26)4-3-14(12)5-6-28-19-18-20(32-11-31-19)29-8-7-27-18/h3-4,7-11H,5-6H2,1-2H3,(H,28,29,31,32). The second-order valence-electron chi connectivity index (χ2n) is 7.21. The number of hydrogen-bond donors (Lipinski definition) is 1. The van der Waals surface area contributed by atoms with Gasteiger partial charge in [0, 0.05) is 25.1 Å². The maximum atomic E-state index is 14.1. The Morgan fingerprint density at radius 3 is 2.52 bits per heavy atom. The van der Waals surface area contributed by atoms with E-state index in [9.17, 15) is 17.6 Å². The predicted molar refractivity (Wildman–Crippen MR) is 113 cm³/mol. The van der Waals surface area contributed by atoms with Crippen molar-refractivity contribution in [2.24, 2.45) is 0 Å². The highest BCUT2D eigenvalue weighted by molar-refractivity contribution is 5.81. The fourth-order valence-corrected chi connectivity index (χ4v) is 3.23. The van der Waals surface area contributed by atoms with Crippen LogP contribution < -0.4 is 10.1 Å². The number of halogens is 4. The molecule has 3 aromatic heterocycles. The molecule has 0 unspecified atom stereocenters. The molecule has 1 N–H and O–H groups in total. The Bertz CT molecular complexity index is 1310. The van der Waals surface area contributed by atoms with Crippen LogP contribution in [0.25, 0.3) is 11.2 Å². The van der Waals surface area contributed by atoms with Gasteiger partial charge in [0.2, 0.25) is 0 Å². The Kier molecular flexibility index (Phi) is 6.03. The van der Waals surface area contributed by atoms with Gasteiger partial charge in [0.05, 0.1) is 5.56 Å². The van der Waals surface area contributed by atoms with E-state index in [2.05, 4.69) is 30.2 Å².